The number of halogens is 1. The fourth-order valence-corrected chi connectivity index (χ4v) is 3.37. The van der Waals surface area contributed by atoms with Gasteiger partial charge in [0.1, 0.15) is 4.99 Å². The van der Waals surface area contributed by atoms with Gasteiger partial charge in [-0.25, -0.2) is 4.90 Å². The van der Waals surface area contributed by atoms with Crippen LogP contribution in [0.25, 0.3) is 0 Å². The molecule has 1 saturated carbocycles. The number of hydrogen-bond donors (Lipinski definition) is 1. The van der Waals surface area contributed by atoms with Gasteiger partial charge in [0.2, 0.25) is 11.8 Å². The van der Waals surface area contributed by atoms with E-state index >= 15 is 0 Å². The Labute approximate surface area is 126 Å². The van der Waals surface area contributed by atoms with Crippen LogP contribution in [0.1, 0.15) is 24.8 Å². The summed E-state index contributed by atoms with van der Waals surface area (Å²) in [5.41, 5.74) is 6.59. The van der Waals surface area contributed by atoms with E-state index in [-0.39, 0.29) is 28.6 Å². The first-order valence-corrected chi connectivity index (χ1v) is 7.25. The molecule has 0 aromatic heterocycles. The molecule has 104 valence electrons. The molecule has 2 unspecified atom stereocenters. The lowest BCUT2D eigenvalue weighted by Gasteiger charge is -2.30. The molecular formula is C14H13ClN2O2S. The van der Waals surface area contributed by atoms with Crippen molar-refractivity contribution in [1.29, 1.82) is 0 Å². The highest BCUT2D eigenvalue weighted by Crippen LogP contribution is 2.41. The van der Waals surface area contributed by atoms with Crippen molar-refractivity contribution in [3.63, 3.8) is 0 Å². The van der Waals surface area contributed by atoms with Crippen molar-refractivity contribution in [1.82, 2.24) is 0 Å². The standard InChI is InChI=1S/C14H13ClN2O2S/c15-10-6-7(12(16)20)3-4-11(10)17-13(18)8-1-2-9(5-8)14(17)19/h3-4,6,8-9H,1-2,5H2,(H2,16,20). The first-order chi connectivity index (χ1) is 9.49. The first-order valence-electron chi connectivity index (χ1n) is 6.46. The van der Waals surface area contributed by atoms with Gasteiger partial charge in [-0.15, -0.1) is 0 Å². The van der Waals surface area contributed by atoms with Crippen LogP contribution >= 0.6 is 23.8 Å². The lowest BCUT2D eigenvalue weighted by atomic mass is 9.96. The fourth-order valence-electron chi connectivity index (χ4n) is 2.98. The van der Waals surface area contributed by atoms with Gasteiger partial charge in [-0.1, -0.05) is 23.8 Å². The van der Waals surface area contributed by atoms with E-state index in [1.165, 1.54) is 4.90 Å². The van der Waals surface area contributed by atoms with E-state index < -0.39 is 0 Å². The summed E-state index contributed by atoms with van der Waals surface area (Å²) in [7, 11) is 0. The third-order valence-corrected chi connectivity index (χ3v) is 4.58. The molecule has 2 fully saturated rings. The largest absolute Gasteiger partial charge is 0.389 e. The van der Waals surface area contributed by atoms with Crippen molar-refractivity contribution < 1.29 is 9.59 Å². The molecule has 1 aromatic carbocycles. The normalized spacial score (nSPS) is 25.1. The van der Waals surface area contributed by atoms with Gasteiger partial charge in [0.25, 0.3) is 0 Å². The molecule has 20 heavy (non-hydrogen) atoms. The monoisotopic (exact) mass is 308 g/mol. The zero-order valence-corrected chi connectivity index (χ0v) is 12.2. The second-order valence-electron chi connectivity index (χ2n) is 5.25. The molecule has 2 N–H and O–H groups in total. The Hall–Kier alpha value is -1.46. The van der Waals surface area contributed by atoms with E-state index in [0.29, 0.717) is 22.7 Å². The highest BCUT2D eigenvalue weighted by Gasteiger charge is 2.46. The lowest BCUT2D eigenvalue weighted by Crippen LogP contribution is -2.46. The average molecular weight is 309 g/mol. The Kier molecular flexibility index (Phi) is 3.26. The number of rotatable bonds is 2. The summed E-state index contributed by atoms with van der Waals surface area (Å²) in [6.45, 7) is 0. The second kappa shape index (κ2) is 4.82. The average Bonchev–Trinajstić information content (AvgIpc) is 2.85. The van der Waals surface area contributed by atoms with E-state index in [1.807, 2.05) is 0 Å². The van der Waals surface area contributed by atoms with Gasteiger partial charge in [-0.2, -0.15) is 0 Å². The smallest absolute Gasteiger partial charge is 0.236 e. The van der Waals surface area contributed by atoms with Crippen LogP contribution in [0.2, 0.25) is 5.02 Å². The predicted molar refractivity (Wildman–Crippen MR) is 80.7 cm³/mol. The molecular weight excluding hydrogens is 296 g/mol. The molecule has 0 spiro atoms. The lowest BCUT2D eigenvalue weighted by molar-refractivity contribution is -0.132. The molecule has 1 aliphatic carbocycles. The second-order valence-corrected chi connectivity index (χ2v) is 6.10. The molecule has 0 radical (unpaired) electrons. The number of nitrogens with two attached hydrogens (primary N) is 1. The summed E-state index contributed by atoms with van der Waals surface area (Å²) >= 11 is 11.1. The third kappa shape index (κ3) is 2.01. The maximum absolute atomic E-state index is 12.4. The third-order valence-electron chi connectivity index (χ3n) is 4.04. The topological polar surface area (TPSA) is 63.4 Å². The van der Waals surface area contributed by atoms with E-state index in [4.69, 9.17) is 29.6 Å². The van der Waals surface area contributed by atoms with Crippen molar-refractivity contribution >= 4 is 46.3 Å². The zero-order chi connectivity index (χ0) is 14.4. The maximum Gasteiger partial charge on any atom is 0.236 e. The van der Waals surface area contributed by atoms with Crippen molar-refractivity contribution in [2.24, 2.45) is 17.6 Å². The van der Waals surface area contributed by atoms with Crippen LogP contribution in [-0.4, -0.2) is 16.8 Å². The molecule has 6 heteroatoms. The SMILES string of the molecule is NC(=S)c1ccc(N2C(=O)C3CCC(C3)C2=O)c(Cl)c1. The number of anilines is 1. The number of nitrogens with zero attached hydrogens (tertiary/aromatic N) is 1. The van der Waals surface area contributed by atoms with Crippen LogP contribution in [0.4, 0.5) is 5.69 Å². The number of hydrogen-bond acceptors (Lipinski definition) is 3. The van der Waals surface area contributed by atoms with Gasteiger partial charge >= 0.3 is 0 Å². The number of fused-ring (bicyclic) bond motifs is 2. The summed E-state index contributed by atoms with van der Waals surface area (Å²) in [4.78, 5) is 26.2. The van der Waals surface area contributed by atoms with E-state index in [0.717, 1.165) is 12.8 Å². The Morgan fingerprint density at radius 2 is 1.85 bits per heavy atom. The first kappa shape index (κ1) is 13.5. The van der Waals surface area contributed by atoms with Crippen molar-refractivity contribution in [3.8, 4) is 0 Å². The summed E-state index contributed by atoms with van der Waals surface area (Å²) in [6.07, 6.45) is 2.25. The van der Waals surface area contributed by atoms with Gasteiger partial charge in [0.05, 0.1) is 10.7 Å². The summed E-state index contributed by atoms with van der Waals surface area (Å²) in [5.74, 6) is -0.393. The van der Waals surface area contributed by atoms with Crippen LogP contribution in [0.15, 0.2) is 18.2 Å². The Bertz CT molecular complexity index is 610. The number of piperidine rings is 1. The highest BCUT2D eigenvalue weighted by atomic mass is 35.5. The van der Waals surface area contributed by atoms with E-state index in [9.17, 15) is 9.59 Å². The van der Waals surface area contributed by atoms with E-state index in [2.05, 4.69) is 0 Å². The van der Waals surface area contributed by atoms with Crippen molar-refractivity contribution in [3.05, 3.63) is 28.8 Å². The van der Waals surface area contributed by atoms with Gasteiger partial charge < -0.3 is 5.73 Å². The molecule has 2 atom stereocenters. The number of amides is 2. The van der Waals surface area contributed by atoms with Crippen molar-refractivity contribution in [2.75, 3.05) is 4.90 Å². The molecule has 2 aliphatic rings. The fraction of sp³-hybridized carbons (Fsp3) is 0.357. The molecule has 1 saturated heterocycles. The van der Waals surface area contributed by atoms with Crippen LogP contribution in [0.5, 0.6) is 0 Å². The van der Waals surface area contributed by atoms with Crippen molar-refractivity contribution in [2.45, 2.75) is 19.3 Å². The quantitative estimate of drug-likeness (QED) is 0.672. The number of carbonyl (C=O) groups is 2. The molecule has 1 aliphatic heterocycles. The van der Waals surface area contributed by atoms with Crippen LogP contribution in [-0.2, 0) is 9.59 Å². The number of carbonyl (C=O) groups excluding carboxylic acids is 2. The molecule has 2 amide bonds. The zero-order valence-electron chi connectivity index (χ0n) is 10.6. The minimum atomic E-state index is -0.145. The van der Waals surface area contributed by atoms with E-state index in [1.54, 1.807) is 18.2 Å². The van der Waals surface area contributed by atoms with Crippen LogP contribution < -0.4 is 10.6 Å². The molecule has 1 heterocycles. The Morgan fingerprint density at radius 1 is 1.25 bits per heavy atom. The molecule has 2 bridgehead atoms. The molecule has 4 nitrogen and oxygen atoms in total. The minimum Gasteiger partial charge on any atom is -0.389 e. The van der Waals surface area contributed by atoms with Gasteiger partial charge in [0, 0.05) is 17.4 Å². The van der Waals surface area contributed by atoms with Gasteiger partial charge in [-0.05, 0) is 37.5 Å². The molecule has 1 aromatic rings. The summed E-state index contributed by atoms with van der Waals surface area (Å²) in [5, 5.41) is 0.318. The van der Waals surface area contributed by atoms with Gasteiger partial charge in [0.15, 0.2) is 0 Å². The number of imide groups is 1. The summed E-state index contributed by atoms with van der Waals surface area (Å²) in [6, 6.07) is 4.91. The highest BCUT2D eigenvalue weighted by molar-refractivity contribution is 7.80. The van der Waals surface area contributed by atoms with Crippen LogP contribution in [0, 0.1) is 11.8 Å². The summed E-state index contributed by atoms with van der Waals surface area (Å²) < 4.78 is 0. The minimum absolute atomic E-state index is 0.0518. The maximum atomic E-state index is 12.4. The van der Waals surface area contributed by atoms with Gasteiger partial charge in [-0.3, -0.25) is 9.59 Å². The predicted octanol–water partition coefficient (Wildman–Crippen LogP) is 2.26. The Morgan fingerprint density at radius 3 is 2.35 bits per heavy atom. The van der Waals surface area contributed by atoms with Crippen LogP contribution in [0.3, 0.4) is 0 Å². The number of thiocarbonyl (C=S) groups is 1. The molecule has 3 rings (SSSR count). The number of benzene rings is 1. The Balaban J connectivity index is 2.02.